The van der Waals surface area contributed by atoms with Crippen molar-refractivity contribution in [3.05, 3.63) is 5.53 Å². The molecule has 2 aliphatic rings. The van der Waals surface area contributed by atoms with Gasteiger partial charge in [-0.2, -0.15) is 4.79 Å². The molecule has 0 saturated carbocycles. The maximum absolute atomic E-state index is 7.73. The molecule has 2 saturated heterocycles. The van der Waals surface area contributed by atoms with E-state index in [2.05, 4.69) is 126 Å². The van der Waals surface area contributed by atoms with Crippen LogP contribution in [0.25, 0.3) is 5.53 Å². The number of aliphatic imine (C=N–C) groups is 1. The van der Waals surface area contributed by atoms with Gasteiger partial charge in [0.25, 0.3) is 5.71 Å². The Hall–Kier alpha value is 0.430. The van der Waals surface area contributed by atoms with Crippen LogP contribution in [0, 0.1) is 0 Å². The standard InChI is InChI=1S/2C7H15N.C4H9N.C3H6N2.I2/c2*1-6(2)7(3,4)8(6)5;1-4(2)5-3;1-3(2)5-4;1-2/h2*1-5H3;1-3H3;1-2H3;. The molecule has 0 aliphatic carbocycles. The van der Waals surface area contributed by atoms with Gasteiger partial charge in [-0.15, -0.1) is 0 Å². The van der Waals surface area contributed by atoms with Crippen LogP contribution in [0.15, 0.2) is 4.99 Å². The highest BCUT2D eigenvalue weighted by molar-refractivity contribution is 15.0. The lowest BCUT2D eigenvalue weighted by molar-refractivity contribution is -0.00646. The van der Waals surface area contributed by atoms with E-state index >= 15 is 0 Å². The molecule has 168 valence electrons. The van der Waals surface area contributed by atoms with Crippen molar-refractivity contribution in [3.63, 3.8) is 0 Å². The summed E-state index contributed by atoms with van der Waals surface area (Å²) in [6.45, 7) is 25.6. The number of nitrogens with zero attached hydrogens (tertiary/aromatic N) is 5. The largest absolute Gasteiger partial charge is 0.362 e. The average Bonchev–Trinajstić information content (AvgIpc) is 3.15. The lowest BCUT2D eigenvalue weighted by Gasteiger charge is -1.99. The first kappa shape index (κ1) is 33.1. The highest BCUT2D eigenvalue weighted by Gasteiger charge is 2.60. The predicted octanol–water partition coefficient (Wildman–Crippen LogP) is 6.54. The van der Waals surface area contributed by atoms with Crippen molar-refractivity contribution in [2.24, 2.45) is 4.99 Å². The molecule has 2 aliphatic heterocycles. The van der Waals surface area contributed by atoms with E-state index in [1.54, 1.807) is 20.9 Å². The van der Waals surface area contributed by atoms with Crippen LogP contribution in [0.3, 0.4) is 0 Å². The Labute approximate surface area is 199 Å². The summed E-state index contributed by atoms with van der Waals surface area (Å²) < 4.78 is 0. The Morgan fingerprint density at radius 3 is 0.821 bits per heavy atom. The van der Waals surface area contributed by atoms with E-state index in [9.17, 15) is 0 Å². The van der Waals surface area contributed by atoms with Crippen molar-refractivity contribution in [1.29, 1.82) is 0 Å². The van der Waals surface area contributed by atoms with Gasteiger partial charge < -0.3 is 5.53 Å². The zero-order valence-electron chi connectivity index (χ0n) is 21.0. The van der Waals surface area contributed by atoms with Crippen LogP contribution in [0.5, 0.6) is 0 Å². The van der Waals surface area contributed by atoms with E-state index in [0.717, 1.165) is 5.71 Å². The second kappa shape index (κ2) is 13.0. The minimum absolute atomic E-state index is 0.438. The molecule has 0 amide bonds. The molecule has 5 nitrogen and oxygen atoms in total. The van der Waals surface area contributed by atoms with Crippen LogP contribution >= 0.6 is 37.2 Å². The predicted molar refractivity (Wildman–Crippen MR) is 145 cm³/mol. The molecule has 2 fully saturated rings. The van der Waals surface area contributed by atoms with Crippen LogP contribution in [0.4, 0.5) is 0 Å². The molecule has 0 bridgehead atoms. The van der Waals surface area contributed by atoms with Gasteiger partial charge in [-0.3, -0.25) is 14.8 Å². The molecular weight excluding hydrogens is 576 g/mol. The van der Waals surface area contributed by atoms with Gasteiger partial charge in [0, 0.05) is 86.0 Å². The van der Waals surface area contributed by atoms with Crippen LogP contribution in [-0.4, -0.2) is 69.3 Å². The Bertz CT molecular complexity index is 479. The molecule has 2 heterocycles. The number of hydrogen-bond acceptors (Lipinski definition) is 3. The van der Waals surface area contributed by atoms with Gasteiger partial charge in [0.2, 0.25) is 0 Å². The second-order valence-corrected chi connectivity index (χ2v) is 9.57. The third-order valence-corrected chi connectivity index (χ3v) is 6.90. The van der Waals surface area contributed by atoms with E-state index in [1.807, 2.05) is 13.8 Å². The van der Waals surface area contributed by atoms with Gasteiger partial charge in [0.15, 0.2) is 0 Å². The summed E-state index contributed by atoms with van der Waals surface area (Å²) in [6, 6.07) is 0. The van der Waals surface area contributed by atoms with Crippen molar-refractivity contribution >= 4 is 48.7 Å². The summed E-state index contributed by atoms with van der Waals surface area (Å²) >= 11 is 4.24. The molecule has 0 N–H and O–H groups in total. The summed E-state index contributed by atoms with van der Waals surface area (Å²) in [7, 11) is 6.12. The lowest BCUT2D eigenvalue weighted by atomic mass is 10.0. The van der Waals surface area contributed by atoms with E-state index in [4.69, 9.17) is 5.53 Å². The Morgan fingerprint density at radius 1 is 0.714 bits per heavy atom. The topological polar surface area (TPSA) is 54.8 Å². The number of hydrogen-bond donors (Lipinski definition) is 0. The third-order valence-electron chi connectivity index (χ3n) is 6.90. The smallest absolute Gasteiger partial charge is 0.262 e. The molecular formula is C21H45I2N5. The maximum Gasteiger partial charge on any atom is 0.262 e. The summed E-state index contributed by atoms with van der Waals surface area (Å²) in [5.41, 5.74) is 11.3. The molecule has 28 heavy (non-hydrogen) atoms. The van der Waals surface area contributed by atoms with E-state index in [-0.39, 0.29) is 0 Å². The molecule has 0 atom stereocenters. The molecule has 2 rings (SSSR count). The summed E-state index contributed by atoms with van der Waals surface area (Å²) in [6.07, 6.45) is 0. The van der Waals surface area contributed by atoms with E-state index < -0.39 is 0 Å². The van der Waals surface area contributed by atoms with Crippen LogP contribution in [-0.2, 0) is 0 Å². The fourth-order valence-corrected chi connectivity index (χ4v) is 2.34. The highest BCUT2D eigenvalue weighted by atomic mass is 128. The minimum Gasteiger partial charge on any atom is -0.362 e. The van der Waals surface area contributed by atoms with Gasteiger partial charge in [-0.05, 0) is 83.3 Å². The van der Waals surface area contributed by atoms with Crippen molar-refractivity contribution in [3.8, 4) is 0 Å². The van der Waals surface area contributed by atoms with E-state index in [1.165, 1.54) is 0 Å². The first-order valence-electron chi connectivity index (χ1n) is 9.53. The van der Waals surface area contributed by atoms with Crippen LogP contribution in [0.2, 0.25) is 0 Å². The molecule has 0 radical (unpaired) electrons. The van der Waals surface area contributed by atoms with Gasteiger partial charge in [0.1, 0.15) is 0 Å². The Kier molecular flexibility index (Phi) is 15.3. The fourth-order valence-electron chi connectivity index (χ4n) is 2.34. The highest BCUT2D eigenvalue weighted by Crippen LogP contribution is 2.49. The first-order chi connectivity index (χ1) is 12.3. The van der Waals surface area contributed by atoms with Crippen LogP contribution < -0.4 is 0 Å². The first-order valence-corrected chi connectivity index (χ1v) is 15.8. The Balaban J connectivity index is -0.000000297. The third kappa shape index (κ3) is 9.49. The second-order valence-electron chi connectivity index (χ2n) is 9.57. The SMILES string of the molecule is CC(C)=[N+]=[N-].CN1C(C)(C)C1(C)C.CN1C(C)(C)C1(C)C.CN=C(C)C.II. The van der Waals surface area contributed by atoms with Crippen molar-refractivity contribution in [2.75, 3.05) is 21.1 Å². The molecule has 0 aromatic rings. The summed E-state index contributed by atoms with van der Waals surface area (Å²) in [5, 5.41) is 0. The molecule has 0 unspecified atom stereocenters. The number of rotatable bonds is 0. The Morgan fingerprint density at radius 2 is 0.821 bits per heavy atom. The van der Waals surface area contributed by atoms with Gasteiger partial charge in [-0.25, -0.2) is 0 Å². The number of halogens is 2. The summed E-state index contributed by atoms with van der Waals surface area (Å²) in [4.78, 5) is 11.4. The van der Waals surface area contributed by atoms with E-state index in [0.29, 0.717) is 27.9 Å². The van der Waals surface area contributed by atoms with Gasteiger partial charge in [-0.1, -0.05) is 0 Å². The molecule has 7 heteroatoms. The summed E-state index contributed by atoms with van der Waals surface area (Å²) in [5.74, 6) is 0. The van der Waals surface area contributed by atoms with Crippen molar-refractivity contribution in [1.82, 2.24) is 9.80 Å². The zero-order chi connectivity index (χ0) is 23.7. The quantitative estimate of drug-likeness (QED) is 0.101. The van der Waals surface area contributed by atoms with Crippen LogP contribution in [0.1, 0.15) is 83.1 Å². The van der Waals surface area contributed by atoms with Crippen molar-refractivity contribution in [2.45, 2.75) is 105 Å². The lowest BCUT2D eigenvalue weighted by Crippen LogP contribution is -2.10. The molecule has 0 aromatic heterocycles. The van der Waals surface area contributed by atoms with Gasteiger partial charge >= 0.3 is 0 Å². The molecule has 0 aromatic carbocycles. The molecule has 0 spiro atoms. The normalized spacial score (nSPS) is 21.2. The fraction of sp³-hybridized carbons (Fsp3) is 0.905. The van der Waals surface area contributed by atoms with Gasteiger partial charge in [0.05, 0.1) is 0 Å². The average molecular weight is 621 g/mol. The minimum atomic E-state index is 0.438. The maximum atomic E-state index is 7.73. The zero-order valence-corrected chi connectivity index (χ0v) is 25.3. The number of likely N-dealkylation sites (N-methyl/N-ethyl adjacent to an activating group) is 2. The van der Waals surface area contributed by atoms with Crippen molar-refractivity contribution < 1.29 is 4.79 Å². The monoisotopic (exact) mass is 621 g/mol.